The number of nitrogens with zero attached hydrogens (tertiary/aromatic N) is 2. The maximum absolute atomic E-state index is 13.9. The van der Waals surface area contributed by atoms with Crippen molar-refractivity contribution in [1.82, 2.24) is 9.78 Å². The van der Waals surface area contributed by atoms with E-state index in [1.165, 1.54) is 18.3 Å². The third-order valence-corrected chi connectivity index (χ3v) is 2.72. The molecule has 19 heavy (non-hydrogen) atoms. The standard InChI is InChI=1S/C13H12FN3O2/c1-7-3-12(18)17(16-6-7)11-5-9(13(15)19)8(2)4-10(11)14/h3-6H,1-2H3,(H2,15,19). The number of nitrogens with two attached hydrogens (primary N) is 1. The molecule has 0 bridgehead atoms. The summed E-state index contributed by atoms with van der Waals surface area (Å²) >= 11 is 0. The van der Waals surface area contributed by atoms with Crippen molar-refractivity contribution in [2.24, 2.45) is 5.73 Å². The summed E-state index contributed by atoms with van der Waals surface area (Å²) < 4.78 is 14.8. The van der Waals surface area contributed by atoms with Gasteiger partial charge in [-0.05, 0) is 37.1 Å². The zero-order chi connectivity index (χ0) is 14.2. The van der Waals surface area contributed by atoms with Crippen LogP contribution in [0.3, 0.4) is 0 Å². The van der Waals surface area contributed by atoms with Gasteiger partial charge >= 0.3 is 0 Å². The van der Waals surface area contributed by atoms with E-state index in [1.807, 2.05) is 0 Å². The summed E-state index contributed by atoms with van der Waals surface area (Å²) in [6, 6.07) is 3.72. The molecule has 0 atom stereocenters. The number of carbonyl (C=O) groups is 1. The number of rotatable bonds is 2. The fourth-order valence-corrected chi connectivity index (χ4v) is 1.77. The molecule has 2 rings (SSSR count). The van der Waals surface area contributed by atoms with Gasteiger partial charge in [0.15, 0.2) is 0 Å². The number of halogens is 1. The average molecular weight is 261 g/mol. The fraction of sp³-hybridized carbons (Fsp3) is 0.154. The smallest absolute Gasteiger partial charge is 0.271 e. The molecule has 1 aromatic carbocycles. The molecule has 1 heterocycles. The maximum atomic E-state index is 13.9. The second kappa shape index (κ2) is 4.64. The van der Waals surface area contributed by atoms with Crippen LogP contribution in [0, 0.1) is 19.7 Å². The van der Waals surface area contributed by atoms with Gasteiger partial charge in [-0.25, -0.2) is 4.39 Å². The van der Waals surface area contributed by atoms with Crippen LogP contribution in [0.5, 0.6) is 0 Å². The summed E-state index contributed by atoms with van der Waals surface area (Å²) in [6.07, 6.45) is 1.44. The van der Waals surface area contributed by atoms with E-state index in [2.05, 4.69) is 5.10 Å². The Morgan fingerprint density at radius 2 is 2.00 bits per heavy atom. The van der Waals surface area contributed by atoms with Crippen molar-refractivity contribution in [3.63, 3.8) is 0 Å². The molecule has 98 valence electrons. The van der Waals surface area contributed by atoms with Crippen LogP contribution in [-0.4, -0.2) is 15.7 Å². The molecule has 1 aromatic heterocycles. The number of aromatic nitrogens is 2. The van der Waals surface area contributed by atoms with Gasteiger partial charge in [0, 0.05) is 11.6 Å². The minimum Gasteiger partial charge on any atom is -0.366 e. The van der Waals surface area contributed by atoms with Crippen LogP contribution in [0.15, 0.2) is 29.2 Å². The van der Waals surface area contributed by atoms with Gasteiger partial charge in [0.1, 0.15) is 11.5 Å². The Labute approximate surface area is 108 Å². The van der Waals surface area contributed by atoms with Crippen LogP contribution in [0.4, 0.5) is 4.39 Å². The predicted molar refractivity (Wildman–Crippen MR) is 67.8 cm³/mol. The molecule has 0 radical (unpaired) electrons. The molecule has 0 aliphatic rings. The lowest BCUT2D eigenvalue weighted by Gasteiger charge is -2.09. The van der Waals surface area contributed by atoms with E-state index in [0.717, 1.165) is 10.7 Å². The lowest BCUT2D eigenvalue weighted by molar-refractivity contribution is 0.0999. The van der Waals surface area contributed by atoms with Crippen LogP contribution in [0.1, 0.15) is 21.5 Å². The Balaban J connectivity index is 2.72. The Morgan fingerprint density at radius 1 is 1.32 bits per heavy atom. The van der Waals surface area contributed by atoms with E-state index in [-0.39, 0.29) is 11.3 Å². The molecule has 0 unspecified atom stereocenters. The van der Waals surface area contributed by atoms with Crippen molar-refractivity contribution >= 4 is 5.91 Å². The van der Waals surface area contributed by atoms with E-state index in [0.29, 0.717) is 11.1 Å². The summed E-state index contributed by atoms with van der Waals surface area (Å²) in [4.78, 5) is 23.0. The number of carbonyl (C=O) groups excluding carboxylic acids is 1. The van der Waals surface area contributed by atoms with Gasteiger partial charge in [-0.1, -0.05) is 0 Å². The lowest BCUT2D eigenvalue weighted by Crippen LogP contribution is -2.22. The molecule has 0 saturated carbocycles. The number of aryl methyl sites for hydroxylation is 2. The SMILES string of the molecule is Cc1cnn(-c2cc(C(N)=O)c(C)cc2F)c(=O)c1. The molecular weight excluding hydrogens is 249 g/mol. The molecule has 6 heteroatoms. The van der Waals surface area contributed by atoms with Crippen LogP contribution in [-0.2, 0) is 0 Å². The van der Waals surface area contributed by atoms with Gasteiger partial charge in [-0.3, -0.25) is 9.59 Å². The van der Waals surface area contributed by atoms with Gasteiger partial charge < -0.3 is 5.73 Å². The van der Waals surface area contributed by atoms with Gasteiger partial charge in [0.05, 0.1) is 6.20 Å². The highest BCUT2D eigenvalue weighted by Gasteiger charge is 2.14. The van der Waals surface area contributed by atoms with Gasteiger partial charge in [-0.15, -0.1) is 0 Å². The molecule has 2 aromatic rings. The summed E-state index contributed by atoms with van der Waals surface area (Å²) in [5.41, 5.74) is 5.88. The monoisotopic (exact) mass is 261 g/mol. The molecule has 1 amide bonds. The first-order valence-corrected chi connectivity index (χ1v) is 5.56. The number of benzene rings is 1. The van der Waals surface area contributed by atoms with Crippen molar-refractivity contribution < 1.29 is 9.18 Å². The average Bonchev–Trinajstić information content (AvgIpc) is 2.30. The largest absolute Gasteiger partial charge is 0.366 e. The Morgan fingerprint density at radius 3 is 2.58 bits per heavy atom. The molecule has 0 spiro atoms. The lowest BCUT2D eigenvalue weighted by atomic mass is 10.1. The number of hydrogen-bond donors (Lipinski definition) is 1. The predicted octanol–water partition coefficient (Wildman–Crippen LogP) is 1.09. The molecule has 0 aliphatic carbocycles. The van der Waals surface area contributed by atoms with E-state index >= 15 is 0 Å². The van der Waals surface area contributed by atoms with Crippen molar-refractivity contribution in [1.29, 1.82) is 0 Å². The highest BCUT2D eigenvalue weighted by atomic mass is 19.1. The third-order valence-electron chi connectivity index (χ3n) is 2.72. The molecule has 0 fully saturated rings. The van der Waals surface area contributed by atoms with Gasteiger partial charge in [0.25, 0.3) is 5.56 Å². The van der Waals surface area contributed by atoms with Crippen molar-refractivity contribution in [3.8, 4) is 5.69 Å². The number of amides is 1. The quantitative estimate of drug-likeness (QED) is 0.878. The second-order valence-electron chi connectivity index (χ2n) is 4.27. The minimum absolute atomic E-state index is 0.0931. The van der Waals surface area contributed by atoms with Crippen LogP contribution >= 0.6 is 0 Å². The second-order valence-corrected chi connectivity index (χ2v) is 4.27. The minimum atomic E-state index is -0.682. The third kappa shape index (κ3) is 2.37. The summed E-state index contributed by atoms with van der Waals surface area (Å²) in [5.74, 6) is -1.32. The topological polar surface area (TPSA) is 78.0 Å². The Kier molecular flexibility index (Phi) is 3.16. The van der Waals surface area contributed by atoms with Gasteiger partial charge in [-0.2, -0.15) is 9.78 Å². The fourth-order valence-electron chi connectivity index (χ4n) is 1.77. The number of primary amides is 1. The van der Waals surface area contributed by atoms with Crippen molar-refractivity contribution in [2.45, 2.75) is 13.8 Å². The molecular formula is C13H12FN3O2. The first kappa shape index (κ1) is 12.9. The maximum Gasteiger partial charge on any atom is 0.271 e. The van der Waals surface area contributed by atoms with Crippen molar-refractivity contribution in [3.05, 3.63) is 57.3 Å². The summed E-state index contributed by atoms with van der Waals surface area (Å²) in [7, 11) is 0. The normalized spacial score (nSPS) is 10.5. The van der Waals surface area contributed by atoms with Gasteiger partial charge in [0.2, 0.25) is 5.91 Å². The Bertz CT molecular complexity index is 722. The van der Waals surface area contributed by atoms with E-state index in [4.69, 9.17) is 5.73 Å². The highest BCUT2D eigenvalue weighted by Crippen LogP contribution is 2.17. The summed E-state index contributed by atoms with van der Waals surface area (Å²) in [6.45, 7) is 3.28. The zero-order valence-electron chi connectivity index (χ0n) is 10.5. The van der Waals surface area contributed by atoms with E-state index in [1.54, 1.807) is 13.8 Å². The molecule has 5 nitrogen and oxygen atoms in total. The first-order valence-electron chi connectivity index (χ1n) is 5.56. The van der Waals surface area contributed by atoms with Crippen LogP contribution in [0.2, 0.25) is 0 Å². The van der Waals surface area contributed by atoms with E-state index in [9.17, 15) is 14.0 Å². The van der Waals surface area contributed by atoms with Crippen LogP contribution < -0.4 is 11.3 Å². The highest BCUT2D eigenvalue weighted by molar-refractivity contribution is 5.94. The zero-order valence-corrected chi connectivity index (χ0v) is 10.5. The molecule has 2 N–H and O–H groups in total. The van der Waals surface area contributed by atoms with Crippen molar-refractivity contribution in [2.75, 3.05) is 0 Å². The summed E-state index contributed by atoms with van der Waals surface area (Å²) in [5, 5.41) is 3.85. The first-order chi connectivity index (χ1) is 8.90. The van der Waals surface area contributed by atoms with Crippen LogP contribution in [0.25, 0.3) is 5.69 Å². The Hall–Kier alpha value is -2.50. The number of hydrogen-bond acceptors (Lipinski definition) is 3. The molecule has 0 saturated heterocycles. The van der Waals surface area contributed by atoms with E-state index < -0.39 is 17.3 Å². The molecule has 0 aliphatic heterocycles.